The van der Waals surface area contributed by atoms with Crippen molar-refractivity contribution >= 4 is 23.4 Å². The Morgan fingerprint density at radius 1 is 1.30 bits per heavy atom. The van der Waals surface area contributed by atoms with E-state index >= 15 is 0 Å². The normalized spacial score (nSPS) is 11.7. The third-order valence-electron chi connectivity index (χ3n) is 4.22. The number of methoxy groups -OCH3 is 1. The minimum Gasteiger partial charge on any atom is -0.496 e. The number of amides is 1. The Morgan fingerprint density at radius 3 is 2.77 bits per heavy atom. The molecule has 0 saturated heterocycles. The lowest BCUT2D eigenvalue weighted by Gasteiger charge is -2.14. The number of nitrogens with zero attached hydrogens (tertiary/aromatic N) is 3. The summed E-state index contributed by atoms with van der Waals surface area (Å²) in [4.78, 5) is 12.5. The van der Waals surface area contributed by atoms with Crippen LogP contribution in [0.5, 0.6) is 5.75 Å². The summed E-state index contributed by atoms with van der Waals surface area (Å²) >= 11 is 1.17. The molecule has 1 heterocycles. The molecule has 0 aliphatic rings. The van der Waals surface area contributed by atoms with E-state index in [2.05, 4.69) is 22.1 Å². The Kier molecular flexibility index (Phi) is 6.83. The van der Waals surface area contributed by atoms with Gasteiger partial charge in [-0.1, -0.05) is 30.0 Å². The summed E-state index contributed by atoms with van der Waals surface area (Å²) in [6, 6.07) is 10.4. The van der Waals surface area contributed by atoms with Crippen LogP contribution in [0, 0.1) is 11.6 Å². The second kappa shape index (κ2) is 9.53. The van der Waals surface area contributed by atoms with E-state index in [0.717, 1.165) is 11.6 Å². The van der Waals surface area contributed by atoms with Gasteiger partial charge in [0.05, 0.1) is 23.6 Å². The number of thioether (sulfide) groups is 1. The van der Waals surface area contributed by atoms with Crippen LogP contribution < -0.4 is 10.1 Å². The quantitative estimate of drug-likeness (QED) is 0.420. The van der Waals surface area contributed by atoms with E-state index in [1.165, 1.54) is 17.8 Å². The van der Waals surface area contributed by atoms with Crippen LogP contribution in [-0.2, 0) is 11.3 Å². The van der Waals surface area contributed by atoms with Gasteiger partial charge in [-0.3, -0.25) is 9.36 Å². The van der Waals surface area contributed by atoms with Gasteiger partial charge in [0.25, 0.3) is 0 Å². The van der Waals surface area contributed by atoms with Crippen molar-refractivity contribution in [3.63, 3.8) is 0 Å². The molecule has 0 radical (unpaired) electrons. The topological polar surface area (TPSA) is 69.0 Å². The molecule has 1 N–H and O–H groups in total. The summed E-state index contributed by atoms with van der Waals surface area (Å²) in [5.41, 5.74) is 0.669. The van der Waals surface area contributed by atoms with Gasteiger partial charge in [0.15, 0.2) is 11.0 Å². The number of aromatic nitrogens is 3. The molecule has 0 bridgehead atoms. The number of carbonyl (C=O) groups excluding carboxylic acids is 1. The van der Waals surface area contributed by atoms with E-state index in [9.17, 15) is 13.6 Å². The van der Waals surface area contributed by atoms with Crippen molar-refractivity contribution in [1.82, 2.24) is 14.8 Å². The van der Waals surface area contributed by atoms with E-state index in [4.69, 9.17) is 4.74 Å². The fraction of sp³-hybridized carbons (Fsp3) is 0.190. The summed E-state index contributed by atoms with van der Waals surface area (Å²) in [6.45, 7) is 5.86. The Hall–Kier alpha value is -3.20. The molecule has 0 fully saturated rings. The van der Waals surface area contributed by atoms with Gasteiger partial charge in [-0.05, 0) is 31.2 Å². The highest BCUT2D eigenvalue weighted by Crippen LogP contribution is 2.32. The van der Waals surface area contributed by atoms with Gasteiger partial charge in [0.2, 0.25) is 5.91 Å². The predicted molar refractivity (Wildman–Crippen MR) is 113 cm³/mol. The minimum absolute atomic E-state index is 0.0869. The second-order valence-corrected chi connectivity index (χ2v) is 7.59. The second-order valence-electron chi connectivity index (χ2n) is 6.28. The molecule has 0 aliphatic heterocycles. The summed E-state index contributed by atoms with van der Waals surface area (Å²) in [5, 5.41) is 10.8. The number of rotatable bonds is 8. The summed E-state index contributed by atoms with van der Waals surface area (Å²) in [5.74, 6) is -0.781. The van der Waals surface area contributed by atoms with E-state index in [0.29, 0.717) is 29.3 Å². The van der Waals surface area contributed by atoms with E-state index < -0.39 is 22.8 Å². The first-order chi connectivity index (χ1) is 14.4. The zero-order chi connectivity index (χ0) is 21.7. The highest BCUT2D eigenvalue weighted by molar-refractivity contribution is 8.00. The third-order valence-corrected chi connectivity index (χ3v) is 5.30. The maximum Gasteiger partial charge on any atom is 0.237 e. The highest BCUT2D eigenvalue weighted by atomic mass is 32.2. The van der Waals surface area contributed by atoms with Crippen molar-refractivity contribution in [3.05, 3.63) is 66.8 Å². The number of carbonyl (C=O) groups is 1. The first kappa shape index (κ1) is 21.5. The average molecular weight is 430 g/mol. The largest absolute Gasteiger partial charge is 0.496 e. The van der Waals surface area contributed by atoms with Crippen LogP contribution in [0.1, 0.15) is 6.92 Å². The highest BCUT2D eigenvalue weighted by Gasteiger charge is 2.22. The van der Waals surface area contributed by atoms with Crippen LogP contribution in [0.4, 0.5) is 14.5 Å². The molecule has 0 saturated carbocycles. The average Bonchev–Trinajstić information content (AvgIpc) is 3.12. The zero-order valence-electron chi connectivity index (χ0n) is 16.4. The van der Waals surface area contributed by atoms with Gasteiger partial charge < -0.3 is 10.1 Å². The SMILES string of the molecule is C=CCn1c(SC(C)C(=O)Nc2ccc(F)cc2F)nnc1-c1ccccc1OC. The van der Waals surface area contributed by atoms with E-state index in [-0.39, 0.29) is 5.69 Å². The number of ether oxygens (including phenoxy) is 1. The first-order valence-electron chi connectivity index (χ1n) is 9.04. The van der Waals surface area contributed by atoms with Crippen LogP contribution in [0.15, 0.2) is 60.3 Å². The van der Waals surface area contributed by atoms with Crippen LogP contribution in [0.3, 0.4) is 0 Å². The molecule has 1 amide bonds. The minimum atomic E-state index is -0.839. The molecule has 0 spiro atoms. The maximum atomic E-state index is 13.8. The molecule has 1 atom stereocenters. The van der Waals surface area contributed by atoms with Gasteiger partial charge in [0, 0.05) is 12.6 Å². The van der Waals surface area contributed by atoms with Gasteiger partial charge in [0.1, 0.15) is 17.4 Å². The molecule has 30 heavy (non-hydrogen) atoms. The molecule has 156 valence electrons. The Balaban J connectivity index is 1.82. The van der Waals surface area contributed by atoms with Gasteiger partial charge in [-0.25, -0.2) is 8.78 Å². The summed E-state index contributed by atoms with van der Waals surface area (Å²) < 4.78 is 34.1. The summed E-state index contributed by atoms with van der Waals surface area (Å²) in [6.07, 6.45) is 1.70. The standard InChI is InChI=1S/C21H20F2N4O2S/c1-4-11-27-19(15-7-5-6-8-18(15)29-3)25-26-21(27)30-13(2)20(28)24-17-10-9-14(22)12-16(17)23/h4-10,12-13H,1,11H2,2-3H3,(H,24,28). The number of anilines is 1. The van der Waals surface area contributed by atoms with Gasteiger partial charge >= 0.3 is 0 Å². The molecular weight excluding hydrogens is 410 g/mol. The molecule has 1 unspecified atom stereocenters. The monoisotopic (exact) mass is 430 g/mol. The predicted octanol–water partition coefficient (Wildman–Crippen LogP) is 4.54. The molecule has 0 aliphatic carbocycles. The van der Waals surface area contributed by atoms with E-state index in [1.807, 2.05) is 28.8 Å². The number of allylic oxidation sites excluding steroid dienone is 1. The van der Waals surface area contributed by atoms with Gasteiger partial charge in [-0.2, -0.15) is 0 Å². The molecular formula is C21H20F2N4O2S. The van der Waals surface area contributed by atoms with Gasteiger partial charge in [-0.15, -0.1) is 16.8 Å². The van der Waals surface area contributed by atoms with E-state index in [1.54, 1.807) is 20.1 Å². The molecule has 2 aromatic carbocycles. The fourth-order valence-corrected chi connectivity index (χ4v) is 3.59. The lowest BCUT2D eigenvalue weighted by molar-refractivity contribution is -0.115. The third kappa shape index (κ3) is 4.68. The van der Waals surface area contributed by atoms with Crippen molar-refractivity contribution in [2.75, 3.05) is 12.4 Å². The number of benzene rings is 2. The zero-order valence-corrected chi connectivity index (χ0v) is 17.2. The number of hydrogen-bond acceptors (Lipinski definition) is 5. The van der Waals surface area contributed by atoms with Crippen molar-refractivity contribution in [1.29, 1.82) is 0 Å². The van der Waals surface area contributed by atoms with Crippen molar-refractivity contribution in [2.24, 2.45) is 0 Å². The van der Waals surface area contributed by atoms with Crippen molar-refractivity contribution in [3.8, 4) is 17.1 Å². The molecule has 9 heteroatoms. The molecule has 1 aromatic heterocycles. The van der Waals surface area contributed by atoms with Crippen LogP contribution in [-0.4, -0.2) is 33.0 Å². The van der Waals surface area contributed by atoms with Crippen LogP contribution in [0.25, 0.3) is 11.4 Å². The van der Waals surface area contributed by atoms with Crippen molar-refractivity contribution in [2.45, 2.75) is 23.9 Å². The smallest absolute Gasteiger partial charge is 0.237 e. The number of nitrogens with one attached hydrogen (secondary N) is 1. The Morgan fingerprint density at radius 2 is 2.07 bits per heavy atom. The van der Waals surface area contributed by atoms with Crippen molar-refractivity contribution < 1.29 is 18.3 Å². The first-order valence-corrected chi connectivity index (χ1v) is 9.92. The van der Waals surface area contributed by atoms with Crippen LogP contribution in [0.2, 0.25) is 0 Å². The van der Waals surface area contributed by atoms with Crippen LogP contribution >= 0.6 is 11.8 Å². The summed E-state index contributed by atoms with van der Waals surface area (Å²) in [7, 11) is 1.57. The Labute approximate surface area is 177 Å². The fourth-order valence-electron chi connectivity index (χ4n) is 2.74. The molecule has 6 nitrogen and oxygen atoms in total. The number of hydrogen-bond donors (Lipinski definition) is 1. The maximum absolute atomic E-state index is 13.8. The lowest BCUT2D eigenvalue weighted by Crippen LogP contribution is -2.23. The number of para-hydroxylation sites is 1. The molecule has 3 aromatic rings. The Bertz CT molecular complexity index is 1070. The lowest BCUT2D eigenvalue weighted by atomic mass is 10.2. The molecule has 3 rings (SSSR count). The number of halogens is 2.